The maximum atomic E-state index is 13.0. The highest BCUT2D eigenvalue weighted by Crippen LogP contribution is 2.17. The van der Waals surface area contributed by atoms with Gasteiger partial charge in [0.1, 0.15) is 5.82 Å². The monoisotopic (exact) mass is 302 g/mol. The van der Waals surface area contributed by atoms with Crippen LogP contribution in [0, 0.1) is 5.82 Å². The summed E-state index contributed by atoms with van der Waals surface area (Å²) in [5, 5.41) is -0.158. The molecule has 4 nitrogen and oxygen atoms in total. The van der Waals surface area contributed by atoms with Gasteiger partial charge in [-0.1, -0.05) is 11.6 Å². The van der Waals surface area contributed by atoms with Crippen LogP contribution in [0.2, 0.25) is 5.02 Å². The fourth-order valence-electron chi connectivity index (χ4n) is 1.55. The maximum Gasteiger partial charge on any atom is 0.218 e. The van der Waals surface area contributed by atoms with Crippen molar-refractivity contribution in [3.63, 3.8) is 0 Å². The number of rotatable bonds is 8. The van der Waals surface area contributed by atoms with Crippen molar-refractivity contribution in [2.75, 3.05) is 13.2 Å². The Balaban J connectivity index is 2.73. The Kier molecular flexibility index (Phi) is 6.78. The van der Waals surface area contributed by atoms with E-state index >= 15 is 0 Å². The van der Waals surface area contributed by atoms with Crippen molar-refractivity contribution < 1.29 is 23.5 Å². The third kappa shape index (κ3) is 4.67. The lowest BCUT2D eigenvalue weighted by Crippen LogP contribution is -2.29. The molecule has 0 N–H and O–H groups in total. The molecule has 20 heavy (non-hydrogen) atoms. The zero-order chi connectivity index (χ0) is 15.1. The van der Waals surface area contributed by atoms with Gasteiger partial charge in [-0.05, 0) is 32.0 Å². The minimum Gasteiger partial charge on any atom is -0.346 e. The number of hydrogen-bond donors (Lipinski definition) is 0. The van der Waals surface area contributed by atoms with Crippen molar-refractivity contribution in [3.8, 4) is 0 Å². The van der Waals surface area contributed by atoms with Gasteiger partial charge in [0.05, 0.1) is 11.4 Å². The summed E-state index contributed by atoms with van der Waals surface area (Å²) in [6.45, 7) is 4.04. The lowest BCUT2D eigenvalue weighted by Gasteiger charge is -2.15. The fourth-order valence-corrected chi connectivity index (χ4v) is 1.73. The number of benzene rings is 1. The van der Waals surface area contributed by atoms with Crippen LogP contribution in [0.15, 0.2) is 18.2 Å². The Bertz CT molecular complexity index is 484. The van der Waals surface area contributed by atoms with E-state index in [1.54, 1.807) is 13.8 Å². The molecule has 0 spiro atoms. The van der Waals surface area contributed by atoms with Crippen molar-refractivity contribution in [3.05, 3.63) is 34.6 Å². The largest absolute Gasteiger partial charge is 0.346 e. The van der Waals surface area contributed by atoms with Crippen LogP contribution in [0.5, 0.6) is 0 Å². The highest BCUT2D eigenvalue weighted by Gasteiger charge is 2.22. The maximum absolute atomic E-state index is 13.0. The summed E-state index contributed by atoms with van der Waals surface area (Å²) in [6, 6.07) is 3.57. The quantitative estimate of drug-likeness (QED) is 0.421. The van der Waals surface area contributed by atoms with Crippen LogP contribution in [0.4, 0.5) is 4.39 Å². The first-order valence-electron chi connectivity index (χ1n) is 6.23. The van der Waals surface area contributed by atoms with Crippen LogP contribution >= 0.6 is 11.6 Å². The molecule has 0 saturated carbocycles. The van der Waals surface area contributed by atoms with Gasteiger partial charge in [-0.25, -0.2) is 4.39 Å². The van der Waals surface area contributed by atoms with E-state index in [1.165, 1.54) is 12.1 Å². The van der Waals surface area contributed by atoms with Crippen LogP contribution in [-0.2, 0) is 14.3 Å². The fraction of sp³-hybridized carbons (Fsp3) is 0.429. The van der Waals surface area contributed by atoms with Gasteiger partial charge < -0.3 is 9.47 Å². The Hall–Kier alpha value is -1.30. The summed E-state index contributed by atoms with van der Waals surface area (Å²) in [4.78, 5) is 23.8. The van der Waals surface area contributed by atoms with Crippen molar-refractivity contribution in [2.24, 2.45) is 0 Å². The summed E-state index contributed by atoms with van der Waals surface area (Å²) < 4.78 is 23.2. The molecule has 0 aliphatic heterocycles. The molecule has 0 heterocycles. The van der Waals surface area contributed by atoms with Crippen LogP contribution in [0.3, 0.4) is 0 Å². The van der Waals surface area contributed by atoms with Crippen molar-refractivity contribution in [1.29, 1.82) is 0 Å². The third-order valence-corrected chi connectivity index (χ3v) is 2.76. The third-order valence-electron chi connectivity index (χ3n) is 2.48. The molecule has 110 valence electrons. The highest BCUT2D eigenvalue weighted by atomic mass is 35.5. The summed E-state index contributed by atoms with van der Waals surface area (Å²) in [7, 11) is 0. The molecule has 0 aliphatic carbocycles. The van der Waals surface area contributed by atoms with E-state index in [9.17, 15) is 14.0 Å². The van der Waals surface area contributed by atoms with E-state index < -0.39 is 23.7 Å². The first-order valence-corrected chi connectivity index (χ1v) is 6.61. The van der Waals surface area contributed by atoms with Crippen molar-refractivity contribution >= 4 is 23.2 Å². The van der Waals surface area contributed by atoms with Gasteiger partial charge in [-0.3, -0.25) is 9.59 Å². The second kappa shape index (κ2) is 8.09. The average molecular weight is 303 g/mol. The van der Waals surface area contributed by atoms with Gasteiger partial charge >= 0.3 is 0 Å². The Labute approximate surface area is 121 Å². The molecule has 0 saturated heterocycles. The van der Waals surface area contributed by atoms with Gasteiger partial charge in [0.2, 0.25) is 6.29 Å². The molecule has 0 atom stereocenters. The Morgan fingerprint density at radius 3 is 2.35 bits per heavy atom. The predicted octanol–water partition coefficient (Wildman–Crippen LogP) is 3.02. The normalized spacial score (nSPS) is 10.8. The van der Waals surface area contributed by atoms with E-state index in [1.807, 2.05) is 0 Å². The molecule has 1 rings (SSSR count). The SMILES string of the molecule is CCOC(OCC)C(=O)CC(=O)c1ccc(F)c(Cl)c1. The lowest BCUT2D eigenvalue weighted by atomic mass is 10.1. The molecule has 1 aromatic rings. The van der Waals surface area contributed by atoms with Crippen LogP contribution < -0.4 is 0 Å². The van der Waals surface area contributed by atoms with Gasteiger partial charge in [-0.15, -0.1) is 0 Å². The minimum absolute atomic E-state index is 0.158. The van der Waals surface area contributed by atoms with E-state index in [0.29, 0.717) is 13.2 Å². The topological polar surface area (TPSA) is 52.6 Å². The Morgan fingerprint density at radius 2 is 1.85 bits per heavy atom. The number of hydrogen-bond acceptors (Lipinski definition) is 4. The molecule has 0 aromatic heterocycles. The van der Waals surface area contributed by atoms with Crippen molar-refractivity contribution in [1.82, 2.24) is 0 Å². The first-order chi connectivity index (χ1) is 9.49. The van der Waals surface area contributed by atoms with E-state index in [2.05, 4.69) is 0 Å². The molecule has 0 bridgehead atoms. The standard InChI is InChI=1S/C14H16ClFO4/c1-3-19-14(20-4-2)13(18)8-12(17)9-5-6-11(16)10(15)7-9/h5-7,14H,3-4,8H2,1-2H3. The summed E-state index contributed by atoms with van der Waals surface area (Å²) in [5.41, 5.74) is 0.177. The second-order valence-electron chi connectivity index (χ2n) is 3.94. The van der Waals surface area contributed by atoms with E-state index in [0.717, 1.165) is 6.07 Å². The molecule has 0 fully saturated rings. The first kappa shape index (κ1) is 16.8. The van der Waals surface area contributed by atoms with Gasteiger partial charge in [-0.2, -0.15) is 0 Å². The second-order valence-corrected chi connectivity index (χ2v) is 4.34. The molecule has 0 radical (unpaired) electrons. The molecule has 6 heteroatoms. The Morgan fingerprint density at radius 1 is 1.25 bits per heavy atom. The molecule has 0 aliphatic rings. The predicted molar refractivity (Wildman–Crippen MR) is 72.4 cm³/mol. The molecule has 1 aromatic carbocycles. The van der Waals surface area contributed by atoms with E-state index in [-0.39, 0.29) is 17.0 Å². The number of carbonyl (C=O) groups excluding carboxylic acids is 2. The average Bonchev–Trinajstić information content (AvgIpc) is 2.41. The van der Waals surface area contributed by atoms with Gasteiger partial charge in [0.25, 0.3) is 0 Å². The summed E-state index contributed by atoms with van der Waals surface area (Å²) in [6.07, 6.45) is -1.43. The molecule has 0 unspecified atom stereocenters. The molecule has 0 amide bonds. The lowest BCUT2D eigenvalue weighted by molar-refractivity contribution is -0.166. The van der Waals surface area contributed by atoms with Crippen LogP contribution in [0.1, 0.15) is 30.6 Å². The van der Waals surface area contributed by atoms with E-state index in [4.69, 9.17) is 21.1 Å². The zero-order valence-electron chi connectivity index (χ0n) is 11.3. The van der Waals surface area contributed by atoms with Crippen molar-refractivity contribution in [2.45, 2.75) is 26.6 Å². The summed E-state index contributed by atoms with van der Waals surface area (Å²) >= 11 is 5.59. The highest BCUT2D eigenvalue weighted by molar-refractivity contribution is 6.31. The minimum atomic E-state index is -1.05. The van der Waals surface area contributed by atoms with Gasteiger partial charge in [0, 0.05) is 18.8 Å². The summed E-state index contributed by atoms with van der Waals surface area (Å²) in [5.74, 6) is -1.54. The number of halogens is 2. The molecular weight excluding hydrogens is 287 g/mol. The zero-order valence-corrected chi connectivity index (χ0v) is 12.1. The van der Waals surface area contributed by atoms with Gasteiger partial charge in [0.15, 0.2) is 11.6 Å². The van der Waals surface area contributed by atoms with Crippen LogP contribution in [0.25, 0.3) is 0 Å². The number of Topliss-reactive ketones (excluding diaryl/α,β-unsaturated/α-hetero) is 2. The molecular formula is C14H16ClFO4. The number of ether oxygens (including phenoxy) is 2. The number of ketones is 2. The van der Waals surface area contributed by atoms with Crippen LogP contribution in [-0.4, -0.2) is 31.1 Å². The number of carbonyl (C=O) groups is 2. The smallest absolute Gasteiger partial charge is 0.218 e.